The summed E-state index contributed by atoms with van der Waals surface area (Å²) in [5.41, 5.74) is -0.255. The first-order valence-corrected chi connectivity index (χ1v) is 6.82. The van der Waals surface area contributed by atoms with E-state index in [1.54, 1.807) is 6.20 Å². The van der Waals surface area contributed by atoms with Crippen molar-refractivity contribution in [2.24, 2.45) is 0 Å². The largest absolute Gasteiger partial charge is 0.489 e. The number of piperazine rings is 1. The molecule has 0 aliphatic carbocycles. The van der Waals surface area contributed by atoms with Crippen LogP contribution in [0.3, 0.4) is 0 Å². The number of hydrogen-bond donors (Lipinski definition) is 1. The number of ether oxygens (including phenoxy) is 1. The Bertz CT molecular complexity index is 650. The van der Waals surface area contributed by atoms with Crippen LogP contribution < -0.4 is 20.1 Å². The van der Waals surface area contributed by atoms with E-state index in [-0.39, 0.29) is 11.3 Å². The van der Waals surface area contributed by atoms with Crippen molar-refractivity contribution in [3.8, 4) is 5.75 Å². The number of hydrogen-bond acceptors (Lipinski definition) is 6. The van der Waals surface area contributed by atoms with E-state index in [4.69, 9.17) is 4.74 Å². The lowest BCUT2D eigenvalue weighted by atomic mass is 10.3. The van der Waals surface area contributed by atoms with Gasteiger partial charge in [-0.1, -0.05) is 6.07 Å². The highest BCUT2D eigenvalue weighted by molar-refractivity contribution is 5.52. The first-order valence-electron chi connectivity index (χ1n) is 6.82. The Balaban J connectivity index is 1.75. The van der Waals surface area contributed by atoms with Crippen molar-refractivity contribution < 1.29 is 4.74 Å². The minimum Gasteiger partial charge on any atom is -0.489 e. The zero-order valence-electron chi connectivity index (χ0n) is 11.8. The van der Waals surface area contributed by atoms with E-state index >= 15 is 0 Å². The molecule has 0 amide bonds. The molecule has 1 N–H and O–H groups in total. The van der Waals surface area contributed by atoms with Gasteiger partial charge in [0, 0.05) is 32.4 Å². The molecular formula is C14H17N5O2. The lowest BCUT2D eigenvalue weighted by Gasteiger charge is -2.36. The zero-order valence-corrected chi connectivity index (χ0v) is 11.8. The van der Waals surface area contributed by atoms with Crippen LogP contribution in [-0.2, 0) is 0 Å². The van der Waals surface area contributed by atoms with E-state index in [1.165, 1.54) is 13.4 Å². The third kappa shape index (κ3) is 2.67. The first-order chi connectivity index (χ1) is 10.3. The topological polar surface area (TPSA) is 74.3 Å². The van der Waals surface area contributed by atoms with E-state index in [1.807, 2.05) is 18.2 Å². The summed E-state index contributed by atoms with van der Waals surface area (Å²) >= 11 is 0. The zero-order chi connectivity index (χ0) is 14.7. The molecule has 7 heteroatoms. The molecule has 2 aromatic rings. The second-order valence-corrected chi connectivity index (χ2v) is 4.75. The summed E-state index contributed by atoms with van der Waals surface area (Å²) in [5.74, 6) is 1.84. The minimum absolute atomic E-state index is 0.255. The SMILES string of the molecule is COc1c(N2CCN(c3ccccn3)CC2)nc[nH]c1=O. The van der Waals surface area contributed by atoms with Crippen LogP contribution in [0.25, 0.3) is 0 Å². The molecule has 110 valence electrons. The van der Waals surface area contributed by atoms with Gasteiger partial charge in [-0.15, -0.1) is 0 Å². The molecule has 0 unspecified atom stereocenters. The van der Waals surface area contributed by atoms with Crippen LogP contribution in [0.5, 0.6) is 5.75 Å². The van der Waals surface area contributed by atoms with Crippen LogP contribution in [0, 0.1) is 0 Å². The summed E-state index contributed by atoms with van der Waals surface area (Å²) in [7, 11) is 1.49. The van der Waals surface area contributed by atoms with Crippen LogP contribution in [0.2, 0.25) is 0 Å². The first kappa shape index (κ1) is 13.4. The average molecular weight is 287 g/mol. The Morgan fingerprint density at radius 2 is 1.90 bits per heavy atom. The van der Waals surface area contributed by atoms with E-state index < -0.39 is 0 Å². The molecule has 3 heterocycles. The molecule has 1 aliphatic heterocycles. The fourth-order valence-electron chi connectivity index (χ4n) is 2.48. The summed E-state index contributed by atoms with van der Waals surface area (Å²) in [6, 6.07) is 5.89. The number of rotatable bonds is 3. The highest BCUT2D eigenvalue weighted by Crippen LogP contribution is 2.22. The Morgan fingerprint density at radius 1 is 1.14 bits per heavy atom. The van der Waals surface area contributed by atoms with Crippen molar-refractivity contribution in [2.75, 3.05) is 43.1 Å². The summed E-state index contributed by atoms with van der Waals surface area (Å²) < 4.78 is 5.17. The van der Waals surface area contributed by atoms with Crippen molar-refractivity contribution in [1.29, 1.82) is 0 Å². The average Bonchev–Trinajstić information content (AvgIpc) is 2.55. The molecular weight excluding hydrogens is 270 g/mol. The standard InChI is InChI=1S/C14H17N5O2/c1-21-12-13(16-10-17-14(12)20)19-8-6-18(7-9-19)11-4-2-3-5-15-11/h2-5,10H,6-9H2,1H3,(H,16,17,20). The third-order valence-electron chi connectivity index (χ3n) is 3.55. The van der Waals surface area contributed by atoms with Crippen molar-refractivity contribution >= 4 is 11.6 Å². The highest BCUT2D eigenvalue weighted by atomic mass is 16.5. The van der Waals surface area contributed by atoms with Crippen LogP contribution in [0.4, 0.5) is 11.6 Å². The molecule has 1 fully saturated rings. The van der Waals surface area contributed by atoms with Crippen LogP contribution >= 0.6 is 0 Å². The third-order valence-corrected chi connectivity index (χ3v) is 3.55. The fraction of sp³-hybridized carbons (Fsp3) is 0.357. The molecule has 0 saturated carbocycles. The number of anilines is 2. The van der Waals surface area contributed by atoms with Crippen molar-refractivity contribution in [1.82, 2.24) is 15.0 Å². The minimum atomic E-state index is -0.255. The Morgan fingerprint density at radius 3 is 2.57 bits per heavy atom. The molecule has 1 saturated heterocycles. The van der Waals surface area contributed by atoms with Crippen LogP contribution in [0.1, 0.15) is 0 Å². The number of methoxy groups -OCH3 is 1. The lowest BCUT2D eigenvalue weighted by molar-refractivity contribution is 0.404. The van der Waals surface area contributed by atoms with E-state index in [0.717, 1.165) is 32.0 Å². The Labute approximate surface area is 122 Å². The molecule has 21 heavy (non-hydrogen) atoms. The van der Waals surface area contributed by atoms with Gasteiger partial charge in [0.15, 0.2) is 5.82 Å². The maximum absolute atomic E-state index is 11.7. The molecule has 0 aromatic carbocycles. The monoisotopic (exact) mass is 287 g/mol. The van der Waals surface area contributed by atoms with Crippen molar-refractivity contribution in [2.45, 2.75) is 0 Å². The van der Waals surface area contributed by atoms with Crippen LogP contribution in [0.15, 0.2) is 35.5 Å². The lowest BCUT2D eigenvalue weighted by Crippen LogP contribution is -2.47. The van der Waals surface area contributed by atoms with Gasteiger partial charge in [-0.25, -0.2) is 9.97 Å². The molecule has 1 aliphatic rings. The van der Waals surface area contributed by atoms with E-state index in [0.29, 0.717) is 5.82 Å². The second-order valence-electron chi connectivity index (χ2n) is 4.75. The van der Waals surface area contributed by atoms with Gasteiger partial charge in [0.05, 0.1) is 13.4 Å². The maximum Gasteiger partial charge on any atom is 0.295 e. The van der Waals surface area contributed by atoms with Gasteiger partial charge in [0.25, 0.3) is 5.56 Å². The quantitative estimate of drug-likeness (QED) is 0.886. The smallest absolute Gasteiger partial charge is 0.295 e. The van der Waals surface area contributed by atoms with Gasteiger partial charge in [0.1, 0.15) is 5.82 Å². The van der Waals surface area contributed by atoms with Crippen molar-refractivity contribution in [3.05, 3.63) is 41.1 Å². The molecule has 0 spiro atoms. The summed E-state index contributed by atoms with van der Waals surface area (Å²) in [6.07, 6.45) is 3.20. The molecule has 7 nitrogen and oxygen atoms in total. The maximum atomic E-state index is 11.7. The van der Waals surface area contributed by atoms with Gasteiger partial charge >= 0.3 is 0 Å². The Kier molecular flexibility index (Phi) is 3.72. The van der Waals surface area contributed by atoms with Gasteiger partial charge in [0.2, 0.25) is 5.75 Å². The number of aromatic nitrogens is 3. The Hall–Kier alpha value is -2.57. The van der Waals surface area contributed by atoms with E-state index in [2.05, 4.69) is 24.8 Å². The van der Waals surface area contributed by atoms with Gasteiger partial charge in [-0.05, 0) is 12.1 Å². The number of nitrogens with zero attached hydrogens (tertiary/aromatic N) is 4. The predicted molar refractivity (Wildman–Crippen MR) is 80.1 cm³/mol. The number of pyridine rings is 1. The van der Waals surface area contributed by atoms with Gasteiger partial charge in [-0.2, -0.15) is 0 Å². The summed E-state index contributed by atoms with van der Waals surface area (Å²) in [4.78, 5) is 27.1. The highest BCUT2D eigenvalue weighted by Gasteiger charge is 2.22. The van der Waals surface area contributed by atoms with Gasteiger partial charge in [-0.3, -0.25) is 4.79 Å². The molecule has 2 aromatic heterocycles. The predicted octanol–water partition coefficient (Wildman–Crippen LogP) is 0.500. The molecule has 0 bridgehead atoms. The van der Waals surface area contributed by atoms with Crippen molar-refractivity contribution in [3.63, 3.8) is 0 Å². The normalized spacial score (nSPS) is 15.1. The molecule has 0 radical (unpaired) electrons. The fourth-order valence-corrected chi connectivity index (χ4v) is 2.48. The number of nitrogens with one attached hydrogen (secondary N) is 1. The van der Waals surface area contributed by atoms with Gasteiger partial charge < -0.3 is 19.5 Å². The van der Waals surface area contributed by atoms with Crippen LogP contribution in [-0.4, -0.2) is 48.2 Å². The number of H-pyrrole nitrogens is 1. The van der Waals surface area contributed by atoms with E-state index in [9.17, 15) is 4.79 Å². The number of aromatic amines is 1. The second kappa shape index (κ2) is 5.82. The summed E-state index contributed by atoms with van der Waals surface area (Å²) in [5, 5.41) is 0. The molecule has 0 atom stereocenters. The summed E-state index contributed by atoms with van der Waals surface area (Å²) in [6.45, 7) is 3.19. The molecule has 3 rings (SSSR count).